The lowest BCUT2D eigenvalue weighted by Crippen LogP contribution is -2.43. The highest BCUT2D eigenvalue weighted by atomic mass is 16.6. The van der Waals surface area contributed by atoms with E-state index in [1.807, 2.05) is 67.6 Å². The van der Waals surface area contributed by atoms with Gasteiger partial charge in [0, 0.05) is 48.6 Å². The Labute approximate surface area is 192 Å². The van der Waals surface area contributed by atoms with E-state index in [-0.39, 0.29) is 41.8 Å². The Morgan fingerprint density at radius 1 is 1.15 bits per heavy atom. The molecule has 3 aromatic rings. The summed E-state index contributed by atoms with van der Waals surface area (Å²) in [5.74, 6) is -0.241. The number of rotatable bonds is 8. The van der Waals surface area contributed by atoms with E-state index in [4.69, 9.17) is 0 Å². The molecule has 0 radical (unpaired) electrons. The van der Waals surface area contributed by atoms with Crippen molar-refractivity contribution in [3.05, 3.63) is 58.2 Å². The van der Waals surface area contributed by atoms with Gasteiger partial charge >= 0.3 is 5.82 Å². The first kappa shape index (κ1) is 23.9. The summed E-state index contributed by atoms with van der Waals surface area (Å²) in [4.78, 5) is 41.9. The van der Waals surface area contributed by atoms with Crippen LogP contribution in [0.4, 0.5) is 5.82 Å². The second kappa shape index (κ2) is 9.40. The summed E-state index contributed by atoms with van der Waals surface area (Å²) in [5, 5.41) is 12.0. The Bertz CT molecular complexity index is 1240. The third-order valence-corrected chi connectivity index (χ3v) is 5.49. The second-order valence-electron chi connectivity index (χ2n) is 8.58. The highest BCUT2D eigenvalue weighted by Crippen LogP contribution is 2.26. The van der Waals surface area contributed by atoms with E-state index in [0.29, 0.717) is 5.82 Å². The Morgan fingerprint density at radius 3 is 2.33 bits per heavy atom. The molecule has 0 unspecified atom stereocenters. The SMILES string of the molecule is CC(=O)/C(=C/c1cn(CC(=O)N(C(C)C)C(C)C)c2ccccc12)n1cc([N+](=O)[O-])nc1C. The molecular formula is C24H29N5O4. The smallest absolute Gasteiger partial charge is 0.358 e. The van der Waals surface area contributed by atoms with Crippen LogP contribution < -0.4 is 0 Å². The van der Waals surface area contributed by atoms with E-state index in [1.165, 1.54) is 17.7 Å². The quantitative estimate of drug-likeness (QED) is 0.289. The number of carbonyl (C=O) groups is 2. The Balaban J connectivity index is 2.10. The Morgan fingerprint density at radius 2 is 1.79 bits per heavy atom. The average Bonchev–Trinajstić information content (AvgIpc) is 3.26. The average molecular weight is 452 g/mol. The number of benzene rings is 1. The standard InChI is InChI=1S/C24H29N5O4/c1-15(2)28(16(3)4)24(31)14-26-12-19(20-9-7-8-10-21(20)26)11-22(17(5)30)27-13-23(29(32)33)25-18(27)6/h7-13,15-16H,14H2,1-6H3/b22-11-. The fourth-order valence-corrected chi connectivity index (χ4v) is 4.20. The number of hydrogen-bond acceptors (Lipinski definition) is 5. The number of ketones is 1. The lowest BCUT2D eigenvalue weighted by molar-refractivity contribution is -0.389. The third-order valence-electron chi connectivity index (χ3n) is 5.49. The van der Waals surface area contributed by atoms with Gasteiger partial charge in [-0.05, 0) is 49.7 Å². The van der Waals surface area contributed by atoms with Crippen LogP contribution in [0.5, 0.6) is 0 Å². The minimum absolute atomic E-state index is 0.00385. The van der Waals surface area contributed by atoms with Gasteiger partial charge in [-0.1, -0.05) is 18.2 Å². The summed E-state index contributed by atoms with van der Waals surface area (Å²) in [6.45, 7) is 11.1. The molecule has 1 amide bonds. The predicted molar refractivity (Wildman–Crippen MR) is 128 cm³/mol. The van der Waals surface area contributed by atoms with Gasteiger partial charge in [-0.15, -0.1) is 0 Å². The highest BCUT2D eigenvalue weighted by molar-refractivity contribution is 6.19. The molecule has 0 saturated carbocycles. The van der Waals surface area contributed by atoms with E-state index >= 15 is 0 Å². The summed E-state index contributed by atoms with van der Waals surface area (Å²) in [6.07, 6.45) is 4.77. The zero-order valence-electron chi connectivity index (χ0n) is 19.8. The van der Waals surface area contributed by atoms with Crippen molar-refractivity contribution in [3.8, 4) is 0 Å². The lowest BCUT2D eigenvalue weighted by atomic mass is 10.1. The van der Waals surface area contributed by atoms with Crippen LogP contribution in [0.1, 0.15) is 46.0 Å². The topological polar surface area (TPSA) is 103 Å². The molecule has 2 heterocycles. The van der Waals surface area contributed by atoms with Crippen LogP contribution >= 0.6 is 0 Å². The minimum atomic E-state index is -0.589. The summed E-state index contributed by atoms with van der Waals surface area (Å²) in [5.41, 5.74) is 1.86. The van der Waals surface area contributed by atoms with Crippen molar-refractivity contribution >= 4 is 40.2 Å². The third kappa shape index (κ3) is 4.87. The maximum absolute atomic E-state index is 13.1. The fraction of sp³-hybridized carbons (Fsp3) is 0.375. The number of para-hydroxylation sites is 1. The number of fused-ring (bicyclic) bond motifs is 1. The molecule has 2 aromatic heterocycles. The first-order chi connectivity index (χ1) is 15.5. The number of nitro groups is 1. The molecule has 0 aliphatic carbocycles. The Kier molecular flexibility index (Phi) is 6.81. The van der Waals surface area contributed by atoms with E-state index in [0.717, 1.165) is 16.5 Å². The van der Waals surface area contributed by atoms with Crippen molar-refractivity contribution in [1.29, 1.82) is 0 Å². The normalized spacial score (nSPS) is 12.1. The molecule has 1 aromatic carbocycles. The maximum Gasteiger partial charge on any atom is 0.382 e. The lowest BCUT2D eigenvalue weighted by Gasteiger charge is -2.31. The van der Waals surface area contributed by atoms with Gasteiger partial charge in [0.1, 0.15) is 12.7 Å². The number of hydrogen-bond donors (Lipinski definition) is 0. The summed E-state index contributed by atoms with van der Waals surface area (Å²) >= 11 is 0. The van der Waals surface area contributed by atoms with Crippen LogP contribution in [-0.2, 0) is 16.1 Å². The van der Waals surface area contributed by atoms with Gasteiger partial charge in [0.05, 0.1) is 5.70 Å². The molecule has 0 spiro atoms. The van der Waals surface area contributed by atoms with Crippen LogP contribution in [0.25, 0.3) is 22.7 Å². The summed E-state index contributed by atoms with van der Waals surface area (Å²) in [7, 11) is 0. The zero-order valence-corrected chi connectivity index (χ0v) is 19.8. The van der Waals surface area contributed by atoms with Crippen molar-refractivity contribution < 1.29 is 14.5 Å². The first-order valence-corrected chi connectivity index (χ1v) is 10.8. The molecule has 3 rings (SSSR count). The number of nitrogens with zero attached hydrogens (tertiary/aromatic N) is 5. The number of Topliss-reactive ketones (excluding diaryl/α,β-unsaturated/α-hetero) is 1. The van der Waals surface area contributed by atoms with Crippen molar-refractivity contribution in [3.63, 3.8) is 0 Å². The van der Waals surface area contributed by atoms with Gasteiger partial charge in [-0.25, -0.2) is 0 Å². The molecule has 0 fully saturated rings. The number of carbonyl (C=O) groups excluding carboxylic acids is 2. The summed E-state index contributed by atoms with van der Waals surface area (Å²) < 4.78 is 3.30. The van der Waals surface area contributed by atoms with Crippen molar-refractivity contribution in [2.24, 2.45) is 0 Å². The molecule has 9 nitrogen and oxygen atoms in total. The molecule has 0 aliphatic heterocycles. The molecule has 0 saturated heterocycles. The van der Waals surface area contributed by atoms with Crippen molar-refractivity contribution in [2.75, 3.05) is 0 Å². The number of aromatic nitrogens is 3. The van der Waals surface area contributed by atoms with Gasteiger partial charge in [-0.2, -0.15) is 0 Å². The van der Waals surface area contributed by atoms with E-state index < -0.39 is 4.92 Å². The van der Waals surface area contributed by atoms with E-state index in [1.54, 1.807) is 13.0 Å². The number of amides is 1. The molecule has 174 valence electrons. The molecule has 9 heteroatoms. The van der Waals surface area contributed by atoms with E-state index in [9.17, 15) is 19.7 Å². The monoisotopic (exact) mass is 451 g/mol. The summed E-state index contributed by atoms with van der Waals surface area (Å²) in [6, 6.07) is 7.78. The highest BCUT2D eigenvalue weighted by Gasteiger charge is 2.23. The van der Waals surface area contributed by atoms with Gasteiger partial charge in [0.2, 0.25) is 11.7 Å². The number of aryl methyl sites for hydroxylation is 1. The van der Waals surface area contributed by atoms with Crippen LogP contribution in [0, 0.1) is 17.0 Å². The zero-order chi connectivity index (χ0) is 24.4. The van der Waals surface area contributed by atoms with Gasteiger partial charge in [-0.3, -0.25) is 14.2 Å². The number of imidazole rings is 1. The largest absolute Gasteiger partial charge is 0.382 e. The van der Waals surface area contributed by atoms with E-state index in [2.05, 4.69) is 4.98 Å². The minimum Gasteiger partial charge on any atom is -0.358 e. The first-order valence-electron chi connectivity index (χ1n) is 10.8. The van der Waals surface area contributed by atoms with Crippen LogP contribution in [0.3, 0.4) is 0 Å². The number of allylic oxidation sites excluding steroid dienone is 1. The van der Waals surface area contributed by atoms with Crippen molar-refractivity contribution in [2.45, 2.75) is 60.2 Å². The fourth-order valence-electron chi connectivity index (χ4n) is 4.20. The van der Waals surface area contributed by atoms with Crippen LogP contribution in [0.2, 0.25) is 0 Å². The molecule has 0 atom stereocenters. The van der Waals surface area contributed by atoms with Gasteiger partial charge < -0.3 is 19.6 Å². The predicted octanol–water partition coefficient (Wildman–Crippen LogP) is 4.29. The van der Waals surface area contributed by atoms with Crippen molar-refractivity contribution in [1.82, 2.24) is 19.0 Å². The van der Waals surface area contributed by atoms with Crippen LogP contribution in [-0.4, -0.2) is 47.7 Å². The maximum atomic E-state index is 13.1. The molecule has 0 bridgehead atoms. The van der Waals surface area contributed by atoms with Gasteiger partial charge in [0.25, 0.3) is 0 Å². The Hall–Kier alpha value is -3.75. The molecule has 0 aliphatic rings. The van der Waals surface area contributed by atoms with Gasteiger partial charge in [0.15, 0.2) is 5.78 Å². The molecule has 33 heavy (non-hydrogen) atoms. The molecule has 0 N–H and O–H groups in total. The second-order valence-corrected chi connectivity index (χ2v) is 8.58. The molecular weight excluding hydrogens is 422 g/mol. The van der Waals surface area contributed by atoms with Crippen LogP contribution in [0.15, 0.2) is 36.7 Å².